The van der Waals surface area contributed by atoms with Crippen LogP contribution in [0.3, 0.4) is 0 Å². The number of aromatic nitrogens is 2. The minimum absolute atomic E-state index is 0.127. The van der Waals surface area contributed by atoms with Crippen LogP contribution in [-0.4, -0.2) is 33.2 Å². The van der Waals surface area contributed by atoms with Crippen molar-refractivity contribution in [3.63, 3.8) is 0 Å². The Labute approximate surface area is 110 Å². The fourth-order valence-electron chi connectivity index (χ4n) is 2.49. The fraction of sp³-hybridized carbons (Fsp3) is 0.750. The second kappa shape index (κ2) is 4.71. The number of aliphatic hydroxyl groups is 1. The average molecular weight is 303 g/mol. The van der Waals surface area contributed by atoms with Gasteiger partial charge in [-0.1, -0.05) is 0 Å². The van der Waals surface area contributed by atoms with Crippen molar-refractivity contribution in [1.82, 2.24) is 9.78 Å². The van der Waals surface area contributed by atoms with E-state index in [1.165, 1.54) is 0 Å². The predicted octanol–water partition coefficient (Wildman–Crippen LogP) is 1.96. The molecule has 2 heterocycles. The number of aryl methyl sites for hydroxylation is 2. The zero-order chi connectivity index (χ0) is 12.6. The van der Waals surface area contributed by atoms with Crippen LogP contribution in [0.5, 0.6) is 0 Å². The lowest BCUT2D eigenvalue weighted by Crippen LogP contribution is -2.42. The molecule has 1 N–H and O–H groups in total. The number of nitrogens with zero attached hydrogens (tertiary/aromatic N) is 2. The third-order valence-electron chi connectivity index (χ3n) is 3.40. The van der Waals surface area contributed by atoms with E-state index >= 15 is 0 Å². The summed E-state index contributed by atoms with van der Waals surface area (Å²) in [7, 11) is 1.92. The topological polar surface area (TPSA) is 47.3 Å². The molecule has 0 amide bonds. The summed E-state index contributed by atoms with van der Waals surface area (Å²) in [6.45, 7) is 4.60. The standard InChI is InChI=1S/C12H19BrN2O2/c1-8-6-12(16,4-5-17-8)7-10-11(13)9(2)14-15(10)3/h8,16H,4-7H2,1-3H3. The maximum absolute atomic E-state index is 10.6. The molecule has 2 atom stereocenters. The predicted molar refractivity (Wildman–Crippen MR) is 68.9 cm³/mol. The Hall–Kier alpha value is -0.390. The number of hydrogen-bond donors (Lipinski definition) is 1. The largest absolute Gasteiger partial charge is 0.389 e. The van der Waals surface area contributed by atoms with Crippen molar-refractivity contribution in [3.05, 3.63) is 15.9 Å². The molecule has 4 nitrogen and oxygen atoms in total. The third-order valence-corrected chi connectivity index (χ3v) is 4.43. The minimum Gasteiger partial charge on any atom is -0.389 e. The average Bonchev–Trinajstić information content (AvgIpc) is 2.44. The molecule has 0 saturated carbocycles. The van der Waals surface area contributed by atoms with E-state index in [1.807, 2.05) is 25.6 Å². The summed E-state index contributed by atoms with van der Waals surface area (Å²) in [6.07, 6.45) is 2.12. The molecule has 1 aromatic rings. The summed E-state index contributed by atoms with van der Waals surface area (Å²) in [5.74, 6) is 0. The van der Waals surface area contributed by atoms with Crippen molar-refractivity contribution < 1.29 is 9.84 Å². The molecule has 2 unspecified atom stereocenters. The summed E-state index contributed by atoms with van der Waals surface area (Å²) in [6, 6.07) is 0. The molecule has 0 bridgehead atoms. The molecule has 0 spiro atoms. The summed E-state index contributed by atoms with van der Waals surface area (Å²) in [4.78, 5) is 0. The number of halogens is 1. The summed E-state index contributed by atoms with van der Waals surface area (Å²) in [5, 5.41) is 15.0. The van der Waals surface area contributed by atoms with E-state index in [4.69, 9.17) is 4.74 Å². The maximum Gasteiger partial charge on any atom is 0.0749 e. The number of ether oxygens (including phenoxy) is 1. The van der Waals surface area contributed by atoms with Crippen LogP contribution in [0.1, 0.15) is 31.2 Å². The van der Waals surface area contributed by atoms with Gasteiger partial charge in [-0.2, -0.15) is 5.10 Å². The van der Waals surface area contributed by atoms with Crippen LogP contribution in [-0.2, 0) is 18.2 Å². The van der Waals surface area contributed by atoms with Crippen molar-refractivity contribution >= 4 is 15.9 Å². The van der Waals surface area contributed by atoms with Crippen LogP contribution in [0.25, 0.3) is 0 Å². The van der Waals surface area contributed by atoms with E-state index in [2.05, 4.69) is 21.0 Å². The smallest absolute Gasteiger partial charge is 0.0749 e. The van der Waals surface area contributed by atoms with Gasteiger partial charge in [-0.15, -0.1) is 0 Å². The van der Waals surface area contributed by atoms with Gasteiger partial charge in [0.25, 0.3) is 0 Å². The molecule has 2 rings (SSSR count). The van der Waals surface area contributed by atoms with E-state index in [-0.39, 0.29) is 6.10 Å². The Morgan fingerprint density at radius 2 is 2.35 bits per heavy atom. The first-order valence-corrected chi connectivity index (χ1v) is 6.72. The van der Waals surface area contributed by atoms with Crippen LogP contribution in [0.15, 0.2) is 4.47 Å². The van der Waals surface area contributed by atoms with Crippen molar-refractivity contribution in [3.8, 4) is 0 Å². The molecule has 0 aromatic carbocycles. The fourth-order valence-corrected chi connectivity index (χ4v) is 2.97. The van der Waals surface area contributed by atoms with Crippen LogP contribution >= 0.6 is 15.9 Å². The second-order valence-electron chi connectivity index (χ2n) is 5.01. The van der Waals surface area contributed by atoms with E-state index in [0.717, 1.165) is 15.9 Å². The Kier molecular flexibility index (Phi) is 3.61. The molecule has 17 heavy (non-hydrogen) atoms. The van der Waals surface area contributed by atoms with Gasteiger partial charge >= 0.3 is 0 Å². The van der Waals surface area contributed by atoms with Gasteiger partial charge in [-0.05, 0) is 36.2 Å². The van der Waals surface area contributed by atoms with Crippen LogP contribution in [0.2, 0.25) is 0 Å². The molecule has 0 radical (unpaired) electrons. The molecular weight excluding hydrogens is 284 g/mol. The van der Waals surface area contributed by atoms with Gasteiger partial charge in [-0.3, -0.25) is 4.68 Å². The molecule has 1 aromatic heterocycles. The summed E-state index contributed by atoms with van der Waals surface area (Å²) < 4.78 is 8.33. The highest BCUT2D eigenvalue weighted by molar-refractivity contribution is 9.10. The van der Waals surface area contributed by atoms with Crippen molar-refractivity contribution in [2.24, 2.45) is 7.05 Å². The molecular formula is C12H19BrN2O2. The lowest BCUT2D eigenvalue weighted by molar-refractivity contribution is -0.0968. The van der Waals surface area contributed by atoms with E-state index < -0.39 is 5.60 Å². The van der Waals surface area contributed by atoms with Gasteiger partial charge in [0, 0.05) is 26.5 Å². The van der Waals surface area contributed by atoms with Gasteiger partial charge in [0.15, 0.2) is 0 Å². The lowest BCUT2D eigenvalue weighted by atomic mass is 9.86. The molecule has 1 fully saturated rings. The van der Waals surface area contributed by atoms with E-state index in [9.17, 15) is 5.11 Å². The molecule has 5 heteroatoms. The van der Waals surface area contributed by atoms with Crippen LogP contribution < -0.4 is 0 Å². The lowest BCUT2D eigenvalue weighted by Gasteiger charge is -2.35. The summed E-state index contributed by atoms with van der Waals surface area (Å²) in [5.41, 5.74) is 1.35. The highest BCUT2D eigenvalue weighted by Crippen LogP contribution is 2.31. The zero-order valence-corrected chi connectivity index (χ0v) is 12.1. The van der Waals surface area contributed by atoms with Crippen molar-refractivity contribution in [2.45, 2.75) is 44.8 Å². The molecule has 0 aliphatic carbocycles. The van der Waals surface area contributed by atoms with E-state index in [0.29, 0.717) is 25.9 Å². The summed E-state index contributed by atoms with van der Waals surface area (Å²) >= 11 is 3.54. The van der Waals surface area contributed by atoms with Gasteiger partial charge in [0.05, 0.1) is 27.6 Å². The first kappa shape index (κ1) is 13.1. The minimum atomic E-state index is -0.666. The Balaban J connectivity index is 2.19. The SMILES string of the molecule is Cc1nn(C)c(CC2(O)CCOC(C)C2)c1Br. The zero-order valence-electron chi connectivity index (χ0n) is 10.5. The second-order valence-corrected chi connectivity index (χ2v) is 5.80. The normalized spacial score (nSPS) is 29.6. The first-order valence-electron chi connectivity index (χ1n) is 5.93. The Morgan fingerprint density at radius 3 is 2.88 bits per heavy atom. The highest BCUT2D eigenvalue weighted by atomic mass is 79.9. The molecule has 1 saturated heterocycles. The molecule has 1 aliphatic heterocycles. The highest BCUT2D eigenvalue weighted by Gasteiger charge is 2.35. The van der Waals surface area contributed by atoms with Gasteiger partial charge in [-0.25, -0.2) is 0 Å². The quantitative estimate of drug-likeness (QED) is 0.908. The van der Waals surface area contributed by atoms with Gasteiger partial charge < -0.3 is 9.84 Å². The van der Waals surface area contributed by atoms with Crippen molar-refractivity contribution in [1.29, 1.82) is 0 Å². The Morgan fingerprint density at radius 1 is 1.65 bits per heavy atom. The van der Waals surface area contributed by atoms with Crippen LogP contribution in [0, 0.1) is 6.92 Å². The monoisotopic (exact) mass is 302 g/mol. The van der Waals surface area contributed by atoms with Crippen molar-refractivity contribution in [2.75, 3.05) is 6.61 Å². The van der Waals surface area contributed by atoms with E-state index in [1.54, 1.807) is 0 Å². The Bertz CT molecular complexity index is 419. The van der Waals surface area contributed by atoms with Gasteiger partial charge in [0.1, 0.15) is 0 Å². The van der Waals surface area contributed by atoms with Crippen LogP contribution in [0.4, 0.5) is 0 Å². The first-order chi connectivity index (χ1) is 7.91. The molecule has 96 valence electrons. The number of rotatable bonds is 2. The third kappa shape index (κ3) is 2.72. The van der Waals surface area contributed by atoms with Gasteiger partial charge in [0.2, 0.25) is 0 Å². The number of hydrogen-bond acceptors (Lipinski definition) is 3. The maximum atomic E-state index is 10.6. The molecule has 1 aliphatic rings.